The molecule has 22 heavy (non-hydrogen) atoms. The Balaban J connectivity index is 1.57. The van der Waals surface area contributed by atoms with Crippen LogP contribution in [0.25, 0.3) is 0 Å². The summed E-state index contributed by atoms with van der Waals surface area (Å²) in [6.45, 7) is 1.52. The van der Waals surface area contributed by atoms with E-state index in [-0.39, 0.29) is 6.17 Å². The SMILES string of the molecule is NC1CC(C2CCN(c3ccc(C(F)(F)F)nn3)CC2)NN1. The van der Waals surface area contributed by atoms with Crippen molar-refractivity contribution < 1.29 is 13.2 Å². The summed E-state index contributed by atoms with van der Waals surface area (Å²) in [5.74, 6) is 1.01. The Morgan fingerprint density at radius 2 is 1.86 bits per heavy atom. The number of hydrogen-bond acceptors (Lipinski definition) is 6. The van der Waals surface area contributed by atoms with E-state index in [1.165, 1.54) is 6.07 Å². The summed E-state index contributed by atoms with van der Waals surface area (Å²) < 4.78 is 37.4. The summed E-state index contributed by atoms with van der Waals surface area (Å²) in [5, 5.41) is 6.99. The van der Waals surface area contributed by atoms with Crippen molar-refractivity contribution in [1.29, 1.82) is 0 Å². The molecule has 2 saturated heterocycles. The lowest BCUT2D eigenvalue weighted by Crippen LogP contribution is -2.43. The number of hydrazine groups is 1. The number of anilines is 1. The maximum Gasteiger partial charge on any atom is 0.435 e. The number of nitrogens with one attached hydrogen (secondary N) is 2. The molecule has 2 atom stereocenters. The summed E-state index contributed by atoms with van der Waals surface area (Å²) in [7, 11) is 0. The molecule has 2 aliphatic rings. The highest BCUT2D eigenvalue weighted by molar-refractivity contribution is 5.38. The van der Waals surface area contributed by atoms with E-state index in [0.29, 0.717) is 17.8 Å². The molecule has 6 nitrogen and oxygen atoms in total. The maximum atomic E-state index is 12.5. The molecule has 0 amide bonds. The molecule has 0 bridgehead atoms. The van der Waals surface area contributed by atoms with E-state index in [2.05, 4.69) is 21.0 Å². The largest absolute Gasteiger partial charge is 0.435 e. The van der Waals surface area contributed by atoms with Crippen molar-refractivity contribution in [2.24, 2.45) is 11.7 Å². The van der Waals surface area contributed by atoms with Gasteiger partial charge in [0, 0.05) is 19.1 Å². The Morgan fingerprint density at radius 1 is 1.14 bits per heavy atom. The fourth-order valence-electron chi connectivity index (χ4n) is 3.09. The van der Waals surface area contributed by atoms with Crippen molar-refractivity contribution in [2.45, 2.75) is 37.6 Å². The lowest BCUT2D eigenvalue weighted by molar-refractivity contribution is -0.141. The molecule has 0 aliphatic carbocycles. The molecule has 3 rings (SSSR count). The van der Waals surface area contributed by atoms with Crippen LogP contribution in [0.4, 0.5) is 19.0 Å². The van der Waals surface area contributed by atoms with Gasteiger partial charge >= 0.3 is 6.18 Å². The lowest BCUT2D eigenvalue weighted by Gasteiger charge is -2.35. The molecule has 2 unspecified atom stereocenters. The van der Waals surface area contributed by atoms with Crippen molar-refractivity contribution >= 4 is 5.82 Å². The highest BCUT2D eigenvalue weighted by Crippen LogP contribution is 2.29. The number of nitrogens with two attached hydrogens (primary N) is 1. The number of hydrogen-bond donors (Lipinski definition) is 3. The third-order valence-electron chi connectivity index (χ3n) is 4.34. The Hall–Kier alpha value is -1.45. The average Bonchev–Trinajstić information content (AvgIpc) is 2.93. The molecule has 2 aliphatic heterocycles. The number of alkyl halides is 3. The van der Waals surface area contributed by atoms with Crippen LogP contribution in [0, 0.1) is 5.92 Å². The highest BCUT2D eigenvalue weighted by Gasteiger charge is 2.34. The minimum absolute atomic E-state index is 0.0104. The minimum Gasteiger partial charge on any atom is -0.355 e. The standard InChI is InChI=1S/C13H19F3N6/c14-13(15,16)10-1-2-12(21-19-10)22-5-3-8(4-6-22)9-7-11(17)20-18-9/h1-2,8-9,11,18,20H,3-7,17H2. The van der Waals surface area contributed by atoms with Gasteiger partial charge in [0.25, 0.3) is 0 Å². The van der Waals surface area contributed by atoms with E-state index in [4.69, 9.17) is 5.73 Å². The fraction of sp³-hybridized carbons (Fsp3) is 0.692. The topological polar surface area (TPSA) is 79.1 Å². The number of aromatic nitrogens is 2. The van der Waals surface area contributed by atoms with E-state index in [1.807, 2.05) is 4.90 Å². The van der Waals surface area contributed by atoms with Crippen molar-refractivity contribution in [1.82, 2.24) is 21.0 Å². The third kappa shape index (κ3) is 3.31. The van der Waals surface area contributed by atoms with Crippen molar-refractivity contribution in [2.75, 3.05) is 18.0 Å². The first kappa shape index (κ1) is 15.4. The molecule has 0 aromatic carbocycles. The molecular weight excluding hydrogens is 297 g/mol. The summed E-state index contributed by atoms with van der Waals surface area (Å²) in [4.78, 5) is 1.98. The van der Waals surface area contributed by atoms with Crippen LogP contribution in [-0.4, -0.2) is 35.5 Å². The summed E-state index contributed by atoms with van der Waals surface area (Å²) >= 11 is 0. The fourth-order valence-corrected chi connectivity index (χ4v) is 3.09. The molecule has 1 aromatic heterocycles. The summed E-state index contributed by atoms with van der Waals surface area (Å²) in [6, 6.07) is 2.73. The van der Waals surface area contributed by atoms with Crippen LogP contribution in [0.2, 0.25) is 0 Å². The molecular formula is C13H19F3N6. The van der Waals surface area contributed by atoms with Gasteiger partial charge in [-0.3, -0.25) is 5.43 Å². The number of rotatable bonds is 2. The predicted octanol–water partition coefficient (Wildman–Crippen LogP) is 0.863. The summed E-state index contributed by atoms with van der Waals surface area (Å²) in [5.41, 5.74) is 11.1. The van der Waals surface area contributed by atoms with Crippen LogP contribution >= 0.6 is 0 Å². The number of halogens is 3. The van der Waals surface area contributed by atoms with Crippen LogP contribution in [0.5, 0.6) is 0 Å². The maximum absolute atomic E-state index is 12.5. The second-order valence-electron chi connectivity index (χ2n) is 5.84. The molecule has 1 aromatic rings. The Bertz CT molecular complexity index is 497. The smallest absolute Gasteiger partial charge is 0.355 e. The first-order chi connectivity index (χ1) is 10.4. The zero-order valence-electron chi connectivity index (χ0n) is 12.0. The second kappa shape index (κ2) is 5.98. The van der Waals surface area contributed by atoms with Crippen LogP contribution < -0.4 is 21.5 Å². The lowest BCUT2D eigenvalue weighted by atomic mass is 9.88. The molecule has 2 fully saturated rings. The van der Waals surface area contributed by atoms with Gasteiger partial charge < -0.3 is 10.6 Å². The van der Waals surface area contributed by atoms with Crippen molar-refractivity contribution in [3.63, 3.8) is 0 Å². The molecule has 0 saturated carbocycles. The van der Waals surface area contributed by atoms with E-state index < -0.39 is 11.9 Å². The van der Waals surface area contributed by atoms with Gasteiger partial charge in [0.2, 0.25) is 0 Å². The van der Waals surface area contributed by atoms with E-state index in [1.54, 1.807) is 0 Å². The van der Waals surface area contributed by atoms with Crippen LogP contribution in [-0.2, 0) is 6.18 Å². The third-order valence-corrected chi connectivity index (χ3v) is 4.34. The van der Waals surface area contributed by atoms with Crippen molar-refractivity contribution in [3.8, 4) is 0 Å². The van der Waals surface area contributed by atoms with E-state index in [0.717, 1.165) is 38.4 Å². The zero-order valence-corrected chi connectivity index (χ0v) is 12.0. The van der Waals surface area contributed by atoms with Gasteiger partial charge in [0.05, 0.1) is 6.17 Å². The van der Waals surface area contributed by atoms with Gasteiger partial charge in [-0.05, 0) is 37.3 Å². The van der Waals surface area contributed by atoms with Crippen LogP contribution in [0.3, 0.4) is 0 Å². The van der Waals surface area contributed by atoms with Crippen LogP contribution in [0.1, 0.15) is 25.0 Å². The quantitative estimate of drug-likeness (QED) is 0.751. The molecule has 122 valence electrons. The van der Waals surface area contributed by atoms with E-state index in [9.17, 15) is 13.2 Å². The van der Waals surface area contributed by atoms with Gasteiger partial charge in [0.15, 0.2) is 11.5 Å². The normalized spacial score (nSPS) is 27.4. The first-order valence-electron chi connectivity index (χ1n) is 7.36. The average molecular weight is 316 g/mol. The number of piperidine rings is 1. The Kier molecular flexibility index (Phi) is 4.20. The molecule has 9 heteroatoms. The highest BCUT2D eigenvalue weighted by atomic mass is 19.4. The van der Waals surface area contributed by atoms with Crippen LogP contribution in [0.15, 0.2) is 12.1 Å². The second-order valence-corrected chi connectivity index (χ2v) is 5.84. The number of nitrogens with zero attached hydrogens (tertiary/aromatic N) is 3. The van der Waals surface area contributed by atoms with Gasteiger partial charge in [-0.1, -0.05) is 0 Å². The van der Waals surface area contributed by atoms with Crippen molar-refractivity contribution in [3.05, 3.63) is 17.8 Å². The van der Waals surface area contributed by atoms with Gasteiger partial charge in [-0.15, -0.1) is 10.2 Å². The van der Waals surface area contributed by atoms with Gasteiger partial charge in [0.1, 0.15) is 0 Å². The molecule has 4 N–H and O–H groups in total. The zero-order chi connectivity index (χ0) is 15.7. The van der Waals surface area contributed by atoms with Gasteiger partial charge in [-0.2, -0.15) is 13.2 Å². The monoisotopic (exact) mass is 316 g/mol. The van der Waals surface area contributed by atoms with E-state index >= 15 is 0 Å². The molecule has 3 heterocycles. The minimum atomic E-state index is -4.45. The molecule has 0 radical (unpaired) electrons. The Labute approximate surface area is 126 Å². The Morgan fingerprint density at radius 3 is 2.36 bits per heavy atom. The summed E-state index contributed by atoms with van der Waals surface area (Å²) in [6.07, 6.45) is -1.66. The van der Waals surface area contributed by atoms with Gasteiger partial charge in [-0.25, -0.2) is 5.43 Å². The first-order valence-corrected chi connectivity index (χ1v) is 7.36. The molecule has 0 spiro atoms. The predicted molar refractivity (Wildman–Crippen MR) is 74.6 cm³/mol.